The highest BCUT2D eigenvalue weighted by Crippen LogP contribution is 2.16. The van der Waals surface area contributed by atoms with Gasteiger partial charge < -0.3 is 10.2 Å². The number of rotatable bonds is 4. The van der Waals surface area contributed by atoms with Crippen LogP contribution in [0.15, 0.2) is 34.1 Å². The minimum atomic E-state index is 0.645. The zero-order chi connectivity index (χ0) is 9.80. The largest absolute Gasteiger partial charge is 0.466 e. The van der Waals surface area contributed by atoms with E-state index in [1.54, 1.807) is 11.3 Å². The Kier molecular flexibility index (Phi) is 3.01. The minimum absolute atomic E-state index is 0.645. The monoisotopic (exact) mass is 207 g/mol. The molecular weight excluding hydrogens is 194 g/mol. The van der Waals surface area contributed by atoms with Gasteiger partial charge in [-0.1, -0.05) is 6.07 Å². The normalized spacial score (nSPS) is 10.6. The van der Waals surface area contributed by atoms with Gasteiger partial charge in [-0.25, -0.2) is 0 Å². The van der Waals surface area contributed by atoms with Crippen molar-refractivity contribution in [2.24, 2.45) is 5.73 Å². The fraction of sp³-hybridized carbons (Fsp3) is 0.273. The Morgan fingerprint density at radius 3 is 2.79 bits per heavy atom. The second kappa shape index (κ2) is 4.44. The van der Waals surface area contributed by atoms with Crippen LogP contribution in [0.4, 0.5) is 0 Å². The first-order valence-corrected chi connectivity index (χ1v) is 5.56. The number of hydrogen-bond acceptors (Lipinski definition) is 3. The molecule has 0 aliphatic carbocycles. The van der Waals surface area contributed by atoms with Gasteiger partial charge in [-0.3, -0.25) is 0 Å². The Balaban J connectivity index is 2.03. The van der Waals surface area contributed by atoms with E-state index >= 15 is 0 Å². The molecule has 0 saturated heterocycles. The summed E-state index contributed by atoms with van der Waals surface area (Å²) in [6, 6.07) is 8.22. The van der Waals surface area contributed by atoms with Gasteiger partial charge in [0.05, 0.1) is 0 Å². The quantitative estimate of drug-likeness (QED) is 0.836. The first-order chi connectivity index (χ1) is 6.88. The predicted octanol–water partition coefficient (Wildman–Crippen LogP) is 2.43. The maximum atomic E-state index is 5.62. The molecular formula is C11H13NOS. The highest BCUT2D eigenvalue weighted by molar-refractivity contribution is 7.09. The van der Waals surface area contributed by atoms with Crippen LogP contribution in [0, 0.1) is 0 Å². The third-order valence-electron chi connectivity index (χ3n) is 2.04. The Morgan fingerprint density at radius 2 is 2.07 bits per heavy atom. The summed E-state index contributed by atoms with van der Waals surface area (Å²) in [6.45, 7) is 0.645. The molecule has 0 spiro atoms. The van der Waals surface area contributed by atoms with E-state index in [1.165, 1.54) is 4.88 Å². The zero-order valence-corrected chi connectivity index (χ0v) is 8.72. The Hall–Kier alpha value is -1.06. The van der Waals surface area contributed by atoms with Crippen LogP contribution in [0.25, 0.3) is 0 Å². The van der Waals surface area contributed by atoms with E-state index in [9.17, 15) is 0 Å². The first-order valence-electron chi connectivity index (χ1n) is 4.68. The van der Waals surface area contributed by atoms with Crippen molar-refractivity contribution in [2.45, 2.75) is 12.8 Å². The summed E-state index contributed by atoms with van der Waals surface area (Å²) in [4.78, 5) is 1.33. The van der Waals surface area contributed by atoms with Gasteiger partial charge in [-0.2, -0.15) is 0 Å². The zero-order valence-electron chi connectivity index (χ0n) is 7.90. The van der Waals surface area contributed by atoms with E-state index in [2.05, 4.69) is 17.5 Å². The number of thiophene rings is 1. The number of nitrogens with two attached hydrogens (primary N) is 1. The molecule has 2 heterocycles. The van der Waals surface area contributed by atoms with Gasteiger partial charge in [-0.15, -0.1) is 11.3 Å². The van der Waals surface area contributed by atoms with Crippen molar-refractivity contribution in [3.63, 3.8) is 0 Å². The molecule has 2 N–H and O–H groups in total. The molecule has 0 radical (unpaired) electrons. The number of furan rings is 1. The molecule has 0 fully saturated rings. The maximum absolute atomic E-state index is 5.62. The molecule has 0 saturated carbocycles. The van der Waals surface area contributed by atoms with Crippen molar-refractivity contribution in [2.75, 3.05) is 6.54 Å². The van der Waals surface area contributed by atoms with Gasteiger partial charge in [0, 0.05) is 17.7 Å². The summed E-state index contributed by atoms with van der Waals surface area (Å²) >= 11 is 1.76. The lowest BCUT2D eigenvalue weighted by Gasteiger charge is -1.93. The lowest BCUT2D eigenvalue weighted by Crippen LogP contribution is -2.01. The van der Waals surface area contributed by atoms with Crippen LogP contribution in [0.3, 0.4) is 0 Å². The highest BCUT2D eigenvalue weighted by Gasteiger charge is 2.02. The van der Waals surface area contributed by atoms with Crippen LogP contribution in [0.1, 0.15) is 16.4 Å². The van der Waals surface area contributed by atoms with Crippen molar-refractivity contribution in [3.05, 3.63) is 46.0 Å². The van der Waals surface area contributed by atoms with Gasteiger partial charge in [0.2, 0.25) is 0 Å². The summed E-state index contributed by atoms with van der Waals surface area (Å²) in [5, 5.41) is 2.08. The topological polar surface area (TPSA) is 39.2 Å². The lowest BCUT2D eigenvalue weighted by atomic mass is 10.3. The molecule has 0 aliphatic rings. The second-order valence-electron chi connectivity index (χ2n) is 3.16. The minimum Gasteiger partial charge on any atom is -0.466 e. The van der Waals surface area contributed by atoms with Crippen LogP contribution in [0.5, 0.6) is 0 Å². The highest BCUT2D eigenvalue weighted by atomic mass is 32.1. The summed E-state index contributed by atoms with van der Waals surface area (Å²) in [7, 11) is 0. The van der Waals surface area contributed by atoms with Crippen molar-refractivity contribution >= 4 is 11.3 Å². The van der Waals surface area contributed by atoms with Crippen molar-refractivity contribution in [1.29, 1.82) is 0 Å². The molecule has 14 heavy (non-hydrogen) atoms. The lowest BCUT2D eigenvalue weighted by molar-refractivity contribution is 0.475. The average Bonchev–Trinajstić information content (AvgIpc) is 2.79. The Morgan fingerprint density at radius 1 is 1.21 bits per heavy atom. The Bertz CT molecular complexity index is 378. The van der Waals surface area contributed by atoms with Crippen LogP contribution >= 0.6 is 11.3 Å². The van der Waals surface area contributed by atoms with E-state index in [0.29, 0.717) is 6.54 Å². The van der Waals surface area contributed by atoms with Crippen LogP contribution in [-0.4, -0.2) is 6.54 Å². The summed E-state index contributed by atoms with van der Waals surface area (Å²) in [6.07, 6.45) is 1.71. The standard InChI is InChI=1S/C11H13NOS/c12-6-5-9-3-4-10(13-9)8-11-2-1-7-14-11/h1-4,7H,5-6,8,12H2. The molecule has 3 heteroatoms. The van der Waals surface area contributed by atoms with E-state index < -0.39 is 0 Å². The third kappa shape index (κ3) is 2.25. The SMILES string of the molecule is NCCc1ccc(Cc2cccs2)o1. The molecule has 0 aromatic carbocycles. The third-order valence-corrected chi connectivity index (χ3v) is 2.91. The molecule has 2 rings (SSSR count). The summed E-state index contributed by atoms with van der Waals surface area (Å²) < 4.78 is 5.62. The van der Waals surface area contributed by atoms with Gasteiger partial charge in [0.1, 0.15) is 11.5 Å². The molecule has 74 valence electrons. The molecule has 2 aromatic rings. The van der Waals surface area contributed by atoms with Crippen LogP contribution < -0.4 is 5.73 Å². The maximum Gasteiger partial charge on any atom is 0.109 e. The fourth-order valence-corrected chi connectivity index (χ4v) is 2.09. The van der Waals surface area contributed by atoms with E-state index in [1.807, 2.05) is 12.1 Å². The molecule has 0 unspecified atom stereocenters. The average molecular weight is 207 g/mol. The molecule has 2 nitrogen and oxygen atoms in total. The number of hydrogen-bond donors (Lipinski definition) is 1. The molecule has 2 aromatic heterocycles. The predicted molar refractivity (Wildman–Crippen MR) is 58.6 cm³/mol. The molecule has 0 atom stereocenters. The summed E-state index contributed by atoms with van der Waals surface area (Å²) in [5.41, 5.74) is 5.45. The van der Waals surface area contributed by atoms with Gasteiger partial charge in [0.25, 0.3) is 0 Å². The van der Waals surface area contributed by atoms with Crippen molar-refractivity contribution < 1.29 is 4.42 Å². The first kappa shape index (κ1) is 9.49. The van der Waals surface area contributed by atoms with E-state index in [4.69, 9.17) is 10.2 Å². The molecule has 0 amide bonds. The van der Waals surface area contributed by atoms with E-state index in [-0.39, 0.29) is 0 Å². The van der Waals surface area contributed by atoms with Crippen LogP contribution in [0.2, 0.25) is 0 Å². The molecule has 0 bridgehead atoms. The van der Waals surface area contributed by atoms with E-state index in [0.717, 1.165) is 24.4 Å². The second-order valence-corrected chi connectivity index (χ2v) is 4.20. The van der Waals surface area contributed by atoms with Crippen LogP contribution in [-0.2, 0) is 12.8 Å². The molecule has 0 aliphatic heterocycles. The van der Waals surface area contributed by atoms with Gasteiger partial charge in [0.15, 0.2) is 0 Å². The van der Waals surface area contributed by atoms with Gasteiger partial charge >= 0.3 is 0 Å². The van der Waals surface area contributed by atoms with Crippen molar-refractivity contribution in [3.8, 4) is 0 Å². The van der Waals surface area contributed by atoms with Gasteiger partial charge in [-0.05, 0) is 30.1 Å². The Labute approximate surface area is 87.4 Å². The summed E-state index contributed by atoms with van der Waals surface area (Å²) in [5.74, 6) is 2.01. The fourth-order valence-electron chi connectivity index (χ4n) is 1.38. The van der Waals surface area contributed by atoms with Crippen molar-refractivity contribution in [1.82, 2.24) is 0 Å². The smallest absolute Gasteiger partial charge is 0.109 e.